The molecule has 2 amide bonds. The lowest BCUT2D eigenvalue weighted by Crippen LogP contribution is -2.45. The summed E-state index contributed by atoms with van der Waals surface area (Å²) < 4.78 is 50.6. The summed E-state index contributed by atoms with van der Waals surface area (Å²) in [6, 6.07) is 12.1. The van der Waals surface area contributed by atoms with Crippen LogP contribution in [-0.2, 0) is 18.0 Å². The molecule has 0 atom stereocenters. The van der Waals surface area contributed by atoms with Gasteiger partial charge in [-0.3, -0.25) is 19.3 Å². The molecule has 2 N–H and O–H groups in total. The first-order chi connectivity index (χ1) is 23.0. The fourth-order valence-corrected chi connectivity index (χ4v) is 5.57. The molecular weight excluding hydrogens is 625 g/mol. The van der Waals surface area contributed by atoms with Crippen LogP contribution in [0.1, 0.15) is 47.7 Å². The number of aromatic nitrogens is 5. The molecule has 11 nitrogen and oxygen atoms in total. The second-order valence-electron chi connectivity index (χ2n) is 11.5. The number of halogens is 3. The quantitative estimate of drug-likeness (QED) is 0.199. The van der Waals surface area contributed by atoms with E-state index in [1.165, 1.54) is 18.2 Å². The average Bonchev–Trinajstić information content (AvgIpc) is 3.46. The van der Waals surface area contributed by atoms with Gasteiger partial charge in [0.15, 0.2) is 11.5 Å². The summed E-state index contributed by atoms with van der Waals surface area (Å²) in [5.41, 5.74) is 1.26. The number of hydrogen-bond acceptors (Lipinski definition) is 8. The van der Waals surface area contributed by atoms with Crippen LogP contribution in [-0.4, -0.2) is 55.7 Å². The Morgan fingerprint density at radius 3 is 2.54 bits per heavy atom. The minimum absolute atomic E-state index is 0.00167. The number of nitrogens with one attached hydrogen (secondary N) is 2. The van der Waals surface area contributed by atoms with E-state index in [1.807, 2.05) is 6.07 Å². The van der Waals surface area contributed by atoms with Gasteiger partial charge in [-0.15, -0.1) is 0 Å². The van der Waals surface area contributed by atoms with Crippen LogP contribution in [0.25, 0.3) is 22.4 Å². The van der Waals surface area contributed by atoms with E-state index in [-0.39, 0.29) is 34.8 Å². The van der Waals surface area contributed by atoms with Crippen molar-refractivity contribution in [3.05, 3.63) is 83.8 Å². The van der Waals surface area contributed by atoms with E-state index in [1.54, 1.807) is 67.3 Å². The number of hydrogen-bond donors (Lipinski definition) is 2. The Morgan fingerprint density at radius 1 is 1.04 bits per heavy atom. The number of benzene rings is 2. The normalized spacial score (nSPS) is 13.8. The Bertz CT molecular complexity index is 1970. The SMILES string of the molecule is CCC(=O)NC1CCN(c2ccc(NC(=O)c3ccc(C)c(Oc4nc(-c5cccnc5)nc5c4cnn5C)c3)cc2C(F)(F)F)CC1. The molecule has 4 heterocycles. The summed E-state index contributed by atoms with van der Waals surface area (Å²) in [6.07, 6.45) is 1.62. The molecule has 5 aromatic rings. The van der Waals surface area contributed by atoms with Crippen molar-refractivity contribution in [2.75, 3.05) is 23.3 Å². The highest BCUT2D eigenvalue weighted by molar-refractivity contribution is 6.04. The van der Waals surface area contributed by atoms with E-state index >= 15 is 0 Å². The zero-order valence-electron chi connectivity index (χ0n) is 26.5. The van der Waals surface area contributed by atoms with E-state index < -0.39 is 17.6 Å². The van der Waals surface area contributed by atoms with Crippen molar-refractivity contribution in [3.63, 3.8) is 0 Å². The summed E-state index contributed by atoms with van der Waals surface area (Å²) in [5, 5.41) is 10.3. The number of fused-ring (bicyclic) bond motifs is 1. The van der Waals surface area contributed by atoms with Crippen molar-refractivity contribution in [2.24, 2.45) is 7.05 Å². The zero-order valence-corrected chi connectivity index (χ0v) is 26.5. The molecule has 6 rings (SSSR count). The summed E-state index contributed by atoms with van der Waals surface area (Å²) in [7, 11) is 1.75. The second-order valence-corrected chi connectivity index (χ2v) is 11.5. The van der Waals surface area contributed by atoms with E-state index in [0.717, 1.165) is 6.07 Å². The molecular formula is C34H33F3N8O3. The predicted octanol–water partition coefficient (Wildman–Crippen LogP) is 6.29. The summed E-state index contributed by atoms with van der Waals surface area (Å²) >= 11 is 0. The molecule has 1 aliphatic rings. The predicted molar refractivity (Wildman–Crippen MR) is 174 cm³/mol. The molecule has 0 radical (unpaired) electrons. The maximum atomic E-state index is 14.3. The first-order valence-electron chi connectivity index (χ1n) is 15.5. The zero-order chi connectivity index (χ0) is 34.0. The lowest BCUT2D eigenvalue weighted by atomic mass is 10.0. The fraction of sp³-hybridized carbons (Fsp3) is 0.294. The third-order valence-corrected chi connectivity index (χ3v) is 8.22. The van der Waals surface area contributed by atoms with Crippen LogP contribution in [0.5, 0.6) is 11.6 Å². The van der Waals surface area contributed by atoms with Gasteiger partial charge in [0.25, 0.3) is 5.91 Å². The largest absolute Gasteiger partial charge is 0.438 e. The van der Waals surface area contributed by atoms with Gasteiger partial charge in [0.1, 0.15) is 11.1 Å². The highest BCUT2D eigenvalue weighted by atomic mass is 19.4. The standard InChI is InChI=1S/C34H33F3N8O3/c1-4-29(46)40-23-11-14-45(15-12-23)27-10-9-24(17-26(27)34(35,36)37)41-32(47)21-8-7-20(2)28(16-21)48-33-25-19-39-44(3)31(25)42-30(43-33)22-6-5-13-38-18-22/h5-10,13,16-19,23H,4,11-12,14-15H2,1-3H3,(H,40,46)(H,41,47). The average molecular weight is 659 g/mol. The number of aryl methyl sites for hydroxylation is 2. The molecule has 248 valence electrons. The van der Waals surface area contributed by atoms with Crippen LogP contribution < -0.4 is 20.3 Å². The number of rotatable bonds is 8. The molecule has 1 aliphatic heterocycles. The van der Waals surface area contributed by atoms with Crippen molar-refractivity contribution in [1.29, 1.82) is 0 Å². The molecule has 2 aromatic carbocycles. The van der Waals surface area contributed by atoms with Crippen molar-refractivity contribution in [2.45, 2.75) is 45.3 Å². The smallest absolute Gasteiger partial charge is 0.418 e. The number of piperidine rings is 1. The minimum Gasteiger partial charge on any atom is -0.438 e. The second kappa shape index (κ2) is 13.3. The van der Waals surface area contributed by atoms with Crippen molar-refractivity contribution >= 4 is 34.2 Å². The van der Waals surface area contributed by atoms with Crippen LogP contribution in [0.2, 0.25) is 0 Å². The van der Waals surface area contributed by atoms with Gasteiger partial charge in [-0.25, -0.2) is 4.98 Å². The van der Waals surface area contributed by atoms with Crippen LogP contribution in [0.3, 0.4) is 0 Å². The third kappa shape index (κ3) is 6.92. The lowest BCUT2D eigenvalue weighted by molar-refractivity contribution is -0.137. The number of carbonyl (C=O) groups excluding carboxylic acids is 2. The first-order valence-corrected chi connectivity index (χ1v) is 15.5. The van der Waals surface area contributed by atoms with E-state index in [2.05, 4.69) is 30.7 Å². The Morgan fingerprint density at radius 2 is 1.83 bits per heavy atom. The molecule has 3 aromatic heterocycles. The molecule has 0 saturated carbocycles. The van der Waals surface area contributed by atoms with Crippen LogP contribution >= 0.6 is 0 Å². The molecule has 14 heteroatoms. The molecule has 1 fully saturated rings. The number of alkyl halides is 3. The van der Waals surface area contributed by atoms with Gasteiger partial charge < -0.3 is 20.3 Å². The number of anilines is 2. The first kappa shape index (κ1) is 32.4. The van der Waals surface area contributed by atoms with Crippen LogP contribution in [0, 0.1) is 6.92 Å². The Kier molecular flexibility index (Phi) is 8.98. The maximum absolute atomic E-state index is 14.3. The molecule has 0 aliphatic carbocycles. The van der Waals surface area contributed by atoms with Crippen LogP contribution in [0.15, 0.2) is 67.1 Å². The van der Waals surface area contributed by atoms with Gasteiger partial charge in [-0.05, 0) is 67.8 Å². The van der Waals surface area contributed by atoms with Gasteiger partial charge in [-0.1, -0.05) is 13.0 Å². The molecule has 1 saturated heterocycles. The Balaban J connectivity index is 1.23. The van der Waals surface area contributed by atoms with Gasteiger partial charge in [0.05, 0.1) is 11.8 Å². The monoisotopic (exact) mass is 658 g/mol. The van der Waals surface area contributed by atoms with Gasteiger partial charge in [0, 0.05) is 67.5 Å². The summed E-state index contributed by atoms with van der Waals surface area (Å²) in [4.78, 5) is 40.1. The van der Waals surface area contributed by atoms with Gasteiger partial charge >= 0.3 is 6.18 Å². The van der Waals surface area contributed by atoms with E-state index in [9.17, 15) is 22.8 Å². The lowest BCUT2D eigenvalue weighted by Gasteiger charge is -2.35. The fourth-order valence-electron chi connectivity index (χ4n) is 5.57. The van der Waals surface area contributed by atoms with Gasteiger partial charge in [0.2, 0.25) is 11.8 Å². The summed E-state index contributed by atoms with van der Waals surface area (Å²) in [6.45, 7) is 4.27. The Hall–Kier alpha value is -5.53. The topological polar surface area (TPSA) is 127 Å². The molecule has 0 unspecified atom stereocenters. The van der Waals surface area contributed by atoms with E-state index in [4.69, 9.17) is 4.74 Å². The molecule has 48 heavy (non-hydrogen) atoms. The number of ether oxygens (including phenoxy) is 1. The minimum atomic E-state index is -4.65. The summed E-state index contributed by atoms with van der Waals surface area (Å²) in [5.74, 6) is 0.227. The number of amides is 2. The van der Waals surface area contributed by atoms with Gasteiger partial charge in [-0.2, -0.15) is 23.3 Å². The number of pyridine rings is 1. The van der Waals surface area contributed by atoms with Crippen molar-refractivity contribution in [3.8, 4) is 23.0 Å². The van der Waals surface area contributed by atoms with Crippen molar-refractivity contribution in [1.82, 2.24) is 30.0 Å². The third-order valence-electron chi connectivity index (χ3n) is 8.22. The number of carbonyl (C=O) groups is 2. The molecule has 0 spiro atoms. The highest BCUT2D eigenvalue weighted by Crippen LogP contribution is 2.39. The Labute approximate surface area is 274 Å². The molecule has 0 bridgehead atoms. The maximum Gasteiger partial charge on any atom is 0.418 e. The van der Waals surface area contributed by atoms with Crippen molar-refractivity contribution < 1.29 is 27.5 Å². The number of nitrogens with zero attached hydrogens (tertiary/aromatic N) is 6. The van der Waals surface area contributed by atoms with Crippen LogP contribution in [0.4, 0.5) is 24.5 Å². The van der Waals surface area contributed by atoms with E-state index in [0.29, 0.717) is 66.1 Å². The highest BCUT2D eigenvalue weighted by Gasteiger charge is 2.36.